The van der Waals surface area contributed by atoms with Crippen molar-refractivity contribution in [1.82, 2.24) is 9.55 Å². The number of rotatable bonds is 9. The Morgan fingerprint density at radius 2 is 1.83 bits per heavy atom. The maximum absolute atomic E-state index is 14.4. The molecule has 0 unspecified atom stereocenters. The monoisotopic (exact) mass is 533 g/mol. The fourth-order valence-electron chi connectivity index (χ4n) is 4.93. The van der Waals surface area contributed by atoms with Crippen molar-refractivity contribution in [2.45, 2.75) is 76.4 Å². The summed E-state index contributed by atoms with van der Waals surface area (Å²) in [4.78, 5) is 31.0. The highest BCUT2D eigenvalue weighted by Crippen LogP contribution is 2.37. The average molecular weight is 534 g/mol. The minimum Gasteiger partial charge on any atom is -0.447 e. The summed E-state index contributed by atoms with van der Waals surface area (Å²) in [5.74, 6) is -1.32. The van der Waals surface area contributed by atoms with Crippen LogP contribution < -0.4 is 5.73 Å². The number of carbonyl (C=O) groups is 2. The second-order valence-corrected chi connectivity index (χ2v) is 10.3. The van der Waals surface area contributed by atoms with Gasteiger partial charge in [-0.15, -0.1) is 0 Å². The van der Waals surface area contributed by atoms with Gasteiger partial charge in [-0.05, 0) is 62.4 Å². The molecule has 1 saturated carbocycles. The van der Waals surface area contributed by atoms with Gasteiger partial charge in [0.05, 0.1) is 16.1 Å². The van der Waals surface area contributed by atoms with Crippen LogP contribution in [0, 0.1) is 5.82 Å². The predicted molar refractivity (Wildman–Crippen MR) is 139 cm³/mol. The van der Waals surface area contributed by atoms with Crippen LogP contribution in [0.5, 0.6) is 0 Å². The molecule has 1 amide bonds. The molecule has 1 heterocycles. The van der Waals surface area contributed by atoms with Gasteiger partial charge in [-0.25, -0.2) is 14.2 Å². The number of imidazole rings is 1. The molecule has 1 fully saturated rings. The molecule has 9 heteroatoms. The van der Waals surface area contributed by atoms with Crippen molar-refractivity contribution < 1.29 is 18.7 Å². The van der Waals surface area contributed by atoms with Crippen molar-refractivity contribution in [3.05, 3.63) is 52.3 Å². The van der Waals surface area contributed by atoms with Crippen molar-refractivity contribution in [2.75, 3.05) is 0 Å². The Kier molecular flexibility index (Phi) is 8.20. The van der Waals surface area contributed by atoms with Gasteiger partial charge in [0.1, 0.15) is 17.7 Å². The van der Waals surface area contributed by atoms with Gasteiger partial charge < -0.3 is 15.0 Å². The van der Waals surface area contributed by atoms with Gasteiger partial charge in [-0.3, -0.25) is 4.79 Å². The number of ether oxygens (including phenoxy) is 1. The number of aromatic nitrogens is 2. The largest absolute Gasteiger partial charge is 0.447 e. The summed E-state index contributed by atoms with van der Waals surface area (Å²) < 4.78 is 22.1. The second-order valence-electron chi connectivity index (χ2n) is 9.42. The number of carbonyl (C=O) groups excluding carboxylic acids is 2. The molecular weight excluding hydrogens is 504 g/mol. The van der Waals surface area contributed by atoms with Crippen molar-refractivity contribution in [3.8, 4) is 11.4 Å². The summed E-state index contributed by atoms with van der Waals surface area (Å²) in [6.07, 6.45) is 6.34. The molecule has 1 aliphatic rings. The normalized spacial score (nSPS) is 16.1. The Balaban J connectivity index is 1.85. The van der Waals surface area contributed by atoms with E-state index in [4.69, 9.17) is 33.7 Å². The summed E-state index contributed by atoms with van der Waals surface area (Å²) >= 11 is 12.3. The Morgan fingerprint density at radius 3 is 2.47 bits per heavy atom. The maximum atomic E-state index is 14.4. The number of fused-ring (bicyclic) bond motifs is 1. The summed E-state index contributed by atoms with van der Waals surface area (Å²) in [5, 5.41) is 0.475. The van der Waals surface area contributed by atoms with Crippen LogP contribution in [0.25, 0.3) is 22.4 Å². The minimum absolute atomic E-state index is 0.0760. The van der Waals surface area contributed by atoms with Crippen LogP contribution in [0.3, 0.4) is 0 Å². The number of hydrogen-bond donors (Lipinski definition) is 1. The van der Waals surface area contributed by atoms with E-state index in [0.717, 1.165) is 38.5 Å². The third kappa shape index (κ3) is 5.37. The Hall–Kier alpha value is -2.64. The number of unbranched alkanes of at least 4 members (excludes halogenated alkanes) is 2. The molecule has 3 aromatic rings. The lowest BCUT2D eigenvalue weighted by atomic mass is 9.84. The van der Waals surface area contributed by atoms with Crippen LogP contribution in [-0.4, -0.2) is 27.0 Å². The molecular formula is C27H30Cl2FN3O3. The van der Waals surface area contributed by atoms with Crippen molar-refractivity contribution in [3.63, 3.8) is 0 Å². The van der Waals surface area contributed by atoms with Crippen LogP contribution in [0.1, 0.15) is 70.8 Å². The van der Waals surface area contributed by atoms with Gasteiger partial charge in [0.25, 0.3) is 5.91 Å². The summed E-state index contributed by atoms with van der Waals surface area (Å²) in [7, 11) is 0. The molecule has 0 aliphatic heterocycles. The lowest BCUT2D eigenvalue weighted by Crippen LogP contribution is -2.50. The van der Waals surface area contributed by atoms with Gasteiger partial charge in [-0.1, -0.05) is 55.8 Å². The average Bonchev–Trinajstić information content (AvgIpc) is 3.20. The summed E-state index contributed by atoms with van der Waals surface area (Å²) in [6, 6.07) is 8.95. The number of benzene rings is 2. The van der Waals surface area contributed by atoms with Crippen molar-refractivity contribution >= 4 is 46.1 Å². The highest BCUT2D eigenvalue weighted by molar-refractivity contribution is 6.31. The molecule has 2 N–H and O–H groups in total. The van der Waals surface area contributed by atoms with Gasteiger partial charge in [-0.2, -0.15) is 0 Å². The van der Waals surface area contributed by atoms with Crippen LogP contribution in [0.15, 0.2) is 36.4 Å². The van der Waals surface area contributed by atoms with Gasteiger partial charge in [0.15, 0.2) is 5.60 Å². The number of hydrogen-bond acceptors (Lipinski definition) is 4. The van der Waals surface area contributed by atoms with E-state index < -0.39 is 29.3 Å². The number of halogens is 3. The lowest BCUT2D eigenvalue weighted by molar-refractivity contribution is -0.174. The topological polar surface area (TPSA) is 87.2 Å². The first kappa shape index (κ1) is 26.4. The number of esters is 1. The van der Waals surface area contributed by atoms with E-state index >= 15 is 0 Å². The first-order valence-corrected chi connectivity index (χ1v) is 13.2. The third-order valence-electron chi connectivity index (χ3n) is 6.91. The lowest BCUT2D eigenvalue weighted by Gasteiger charge is -2.35. The molecule has 0 bridgehead atoms. The number of primary amides is 1. The standard InChI is InChI=1S/C27H30Cl2FN3O3/c1-2-3-5-8-22(25(34)36-27(26(31)35)13-6-4-7-14-27)33-23-15-19(29)20(30)16-21(23)32-24(33)17-9-11-18(28)12-10-17/h9-12,15-16,22H,2-8,13-14H2,1H3,(H2,31,35)/t22-/m0/s1. The molecule has 1 aliphatic carbocycles. The molecule has 4 rings (SSSR count). The zero-order chi connectivity index (χ0) is 25.9. The molecule has 36 heavy (non-hydrogen) atoms. The molecule has 0 radical (unpaired) electrons. The molecule has 2 aromatic carbocycles. The van der Waals surface area contributed by atoms with E-state index in [1.165, 1.54) is 12.1 Å². The predicted octanol–water partition coefficient (Wildman–Crippen LogP) is 7.00. The summed E-state index contributed by atoms with van der Waals surface area (Å²) in [6.45, 7) is 2.08. The molecule has 192 valence electrons. The molecule has 1 atom stereocenters. The minimum atomic E-state index is -1.32. The van der Waals surface area contributed by atoms with Crippen molar-refractivity contribution in [2.24, 2.45) is 5.73 Å². The fraction of sp³-hybridized carbons (Fsp3) is 0.444. The van der Waals surface area contributed by atoms with Gasteiger partial charge in [0, 0.05) is 16.7 Å². The van der Waals surface area contributed by atoms with E-state index in [0.29, 0.717) is 46.7 Å². The van der Waals surface area contributed by atoms with Gasteiger partial charge >= 0.3 is 5.97 Å². The number of amides is 1. The third-order valence-corrected chi connectivity index (χ3v) is 7.45. The van der Waals surface area contributed by atoms with Gasteiger partial charge in [0.2, 0.25) is 0 Å². The zero-order valence-electron chi connectivity index (χ0n) is 20.2. The Bertz CT molecular complexity index is 1250. The zero-order valence-corrected chi connectivity index (χ0v) is 21.7. The van der Waals surface area contributed by atoms with Crippen LogP contribution in [0.2, 0.25) is 10.0 Å². The smallest absolute Gasteiger partial charge is 0.330 e. The van der Waals surface area contributed by atoms with E-state index in [9.17, 15) is 14.0 Å². The summed E-state index contributed by atoms with van der Waals surface area (Å²) in [5.41, 5.74) is 5.98. The van der Waals surface area contributed by atoms with Crippen LogP contribution in [-0.2, 0) is 14.3 Å². The van der Waals surface area contributed by atoms with E-state index in [-0.39, 0.29) is 5.02 Å². The first-order valence-electron chi connectivity index (χ1n) is 12.4. The Labute approximate surface area is 219 Å². The quantitative estimate of drug-likeness (QED) is 0.237. The maximum Gasteiger partial charge on any atom is 0.330 e. The highest BCUT2D eigenvalue weighted by Gasteiger charge is 2.43. The molecule has 0 spiro atoms. The van der Waals surface area contributed by atoms with Crippen LogP contribution >= 0.6 is 23.2 Å². The fourth-order valence-corrected chi connectivity index (χ4v) is 5.21. The SMILES string of the molecule is CCCCC[C@@H](C(=O)OC1(C(N)=O)CCCCC1)n1c(-c2ccc(Cl)cc2)nc2cc(F)c(Cl)cc21. The van der Waals surface area contributed by atoms with E-state index in [1.807, 2.05) is 0 Å². The number of nitrogens with zero attached hydrogens (tertiary/aromatic N) is 2. The molecule has 1 aromatic heterocycles. The number of nitrogens with two attached hydrogens (primary N) is 1. The van der Waals surface area contributed by atoms with E-state index in [2.05, 4.69) is 11.9 Å². The first-order chi connectivity index (χ1) is 17.3. The second kappa shape index (κ2) is 11.2. The highest BCUT2D eigenvalue weighted by atomic mass is 35.5. The Morgan fingerprint density at radius 1 is 1.14 bits per heavy atom. The van der Waals surface area contributed by atoms with Crippen LogP contribution in [0.4, 0.5) is 4.39 Å². The van der Waals surface area contributed by atoms with E-state index in [1.54, 1.807) is 28.8 Å². The molecule has 0 saturated heterocycles. The molecule has 6 nitrogen and oxygen atoms in total. The van der Waals surface area contributed by atoms with Crippen molar-refractivity contribution in [1.29, 1.82) is 0 Å².